The van der Waals surface area contributed by atoms with E-state index in [1.54, 1.807) is 0 Å². The van der Waals surface area contributed by atoms with Crippen molar-refractivity contribution in [2.24, 2.45) is 5.92 Å². The first kappa shape index (κ1) is 20.4. The summed E-state index contributed by atoms with van der Waals surface area (Å²) in [5.41, 5.74) is 0.696. The second-order valence-electron chi connectivity index (χ2n) is 7.35. The van der Waals surface area contributed by atoms with E-state index >= 15 is 0 Å². The zero-order chi connectivity index (χ0) is 19.0. The van der Waals surface area contributed by atoms with Gasteiger partial charge in [0.2, 0.25) is 0 Å². The van der Waals surface area contributed by atoms with Crippen molar-refractivity contribution in [3.8, 4) is 0 Å². The van der Waals surface area contributed by atoms with Crippen LogP contribution in [0.25, 0.3) is 4.85 Å². The minimum atomic E-state index is -0.437. The molecular formula is C21H31N3O2. The van der Waals surface area contributed by atoms with Gasteiger partial charge in [0.05, 0.1) is 13.7 Å². The van der Waals surface area contributed by atoms with Crippen molar-refractivity contribution in [3.05, 3.63) is 47.3 Å². The molecule has 142 valence electrons. The van der Waals surface area contributed by atoms with Crippen LogP contribution in [0.3, 0.4) is 0 Å². The molecule has 0 radical (unpaired) electrons. The van der Waals surface area contributed by atoms with Crippen molar-refractivity contribution in [1.29, 1.82) is 0 Å². The molecule has 1 saturated heterocycles. The molecule has 0 spiro atoms. The maximum atomic E-state index is 11.4. The number of ether oxygens (including phenoxy) is 1. The average Bonchev–Trinajstić information content (AvgIpc) is 2.67. The van der Waals surface area contributed by atoms with Gasteiger partial charge in [-0.3, -0.25) is 9.69 Å². The molecule has 5 nitrogen and oxygen atoms in total. The first-order chi connectivity index (χ1) is 12.5. The topological polar surface area (TPSA) is 37.1 Å². The number of hydrogen-bond donors (Lipinski definition) is 0. The van der Waals surface area contributed by atoms with Crippen molar-refractivity contribution in [3.63, 3.8) is 0 Å². The van der Waals surface area contributed by atoms with Gasteiger partial charge < -0.3 is 14.5 Å². The molecule has 1 atom stereocenters. The van der Waals surface area contributed by atoms with Crippen LogP contribution in [0.4, 0.5) is 0 Å². The van der Waals surface area contributed by atoms with Gasteiger partial charge in [-0.05, 0) is 13.0 Å². The molecule has 0 aliphatic carbocycles. The molecule has 1 fully saturated rings. The van der Waals surface area contributed by atoms with Gasteiger partial charge in [-0.1, -0.05) is 44.2 Å². The minimum Gasteiger partial charge on any atom is -0.468 e. The lowest BCUT2D eigenvalue weighted by Crippen LogP contribution is -2.48. The zero-order valence-corrected chi connectivity index (χ0v) is 16.3. The second-order valence-corrected chi connectivity index (χ2v) is 7.35. The monoisotopic (exact) mass is 357 g/mol. The van der Waals surface area contributed by atoms with Gasteiger partial charge in [0.1, 0.15) is 0 Å². The van der Waals surface area contributed by atoms with Crippen LogP contribution < -0.4 is 0 Å². The van der Waals surface area contributed by atoms with Gasteiger partial charge in [-0.15, -0.1) is 0 Å². The number of methoxy groups -OCH3 is 1. The molecule has 0 N–H and O–H groups in total. The number of esters is 1. The smallest absolute Gasteiger partial charge is 0.319 e. The van der Waals surface area contributed by atoms with Crippen LogP contribution in [0.2, 0.25) is 0 Å². The van der Waals surface area contributed by atoms with Crippen LogP contribution in [0.5, 0.6) is 0 Å². The fourth-order valence-electron chi connectivity index (χ4n) is 3.73. The summed E-state index contributed by atoms with van der Waals surface area (Å²) in [6.07, 6.45) is 1.88. The summed E-state index contributed by atoms with van der Waals surface area (Å²) >= 11 is 0. The molecule has 26 heavy (non-hydrogen) atoms. The van der Waals surface area contributed by atoms with Gasteiger partial charge in [-0.25, -0.2) is 6.57 Å². The summed E-state index contributed by atoms with van der Waals surface area (Å²) in [6, 6.07) is 10.2. The Morgan fingerprint density at radius 2 is 1.81 bits per heavy atom. The highest BCUT2D eigenvalue weighted by molar-refractivity contribution is 5.71. The fraction of sp³-hybridized carbons (Fsp3) is 0.619. The number of carbonyl (C=O) groups is 1. The highest BCUT2D eigenvalue weighted by Gasteiger charge is 2.41. The van der Waals surface area contributed by atoms with E-state index in [1.807, 2.05) is 18.2 Å². The summed E-state index contributed by atoms with van der Waals surface area (Å²) in [5.74, 6) is 0.111. The van der Waals surface area contributed by atoms with Gasteiger partial charge in [0.15, 0.2) is 0 Å². The first-order valence-corrected chi connectivity index (χ1v) is 9.47. The van der Waals surface area contributed by atoms with Crippen LogP contribution in [-0.4, -0.2) is 62.1 Å². The number of hydrogen-bond acceptors (Lipinski definition) is 4. The SMILES string of the molecule is [C-]#[N+]C(CCCN1CCN(CC(=O)OC)CC1)(c1ccccc1)C(C)C. The maximum Gasteiger partial charge on any atom is 0.319 e. The lowest BCUT2D eigenvalue weighted by molar-refractivity contribution is -0.142. The Labute approximate surface area is 157 Å². The summed E-state index contributed by atoms with van der Waals surface area (Å²) in [5, 5.41) is 0. The third-order valence-electron chi connectivity index (χ3n) is 5.51. The third kappa shape index (κ3) is 5.06. The Hall–Kier alpha value is -1.90. The molecule has 5 heteroatoms. The Kier molecular flexibility index (Phi) is 7.62. The highest BCUT2D eigenvalue weighted by Crippen LogP contribution is 2.38. The highest BCUT2D eigenvalue weighted by atomic mass is 16.5. The van der Waals surface area contributed by atoms with Gasteiger partial charge in [0, 0.05) is 44.1 Å². The number of benzene rings is 1. The van der Waals surface area contributed by atoms with Gasteiger partial charge >= 0.3 is 5.97 Å². The standard InChI is InChI=1S/C21H31N3O2/c1-18(2)21(22-3,19-9-6-5-7-10-19)11-8-12-23-13-15-24(16-14-23)17-20(25)26-4/h5-7,9-10,18H,8,11-17H2,1-2,4H3. The molecule has 1 heterocycles. The van der Waals surface area contributed by atoms with E-state index in [1.165, 1.54) is 7.11 Å². The molecule has 2 rings (SSSR count). The predicted octanol–water partition coefficient (Wildman–Crippen LogP) is 3.03. The Bertz CT molecular complexity index is 603. The van der Waals surface area contributed by atoms with E-state index < -0.39 is 5.54 Å². The van der Waals surface area contributed by atoms with E-state index in [0.29, 0.717) is 6.54 Å². The van der Waals surface area contributed by atoms with Crippen molar-refractivity contribution in [2.75, 3.05) is 46.4 Å². The summed E-state index contributed by atoms with van der Waals surface area (Å²) < 4.78 is 4.74. The Morgan fingerprint density at radius 3 is 2.35 bits per heavy atom. The number of rotatable bonds is 8. The number of carbonyl (C=O) groups excluding carboxylic acids is 1. The van der Waals surface area contributed by atoms with Crippen LogP contribution >= 0.6 is 0 Å². The molecule has 1 aliphatic heterocycles. The van der Waals surface area contributed by atoms with Crippen LogP contribution in [0.15, 0.2) is 30.3 Å². The molecule has 0 saturated carbocycles. The van der Waals surface area contributed by atoms with Crippen LogP contribution in [-0.2, 0) is 15.1 Å². The Morgan fingerprint density at radius 1 is 1.19 bits per heavy atom. The van der Waals surface area contributed by atoms with E-state index in [0.717, 1.165) is 51.1 Å². The molecule has 1 aromatic rings. The summed E-state index contributed by atoms with van der Waals surface area (Å²) in [7, 11) is 1.43. The third-order valence-corrected chi connectivity index (χ3v) is 5.51. The van der Waals surface area contributed by atoms with Crippen molar-refractivity contribution in [1.82, 2.24) is 9.80 Å². The maximum absolute atomic E-state index is 11.4. The van der Waals surface area contributed by atoms with Crippen molar-refractivity contribution >= 4 is 5.97 Å². The molecule has 0 aromatic heterocycles. The number of piperazine rings is 1. The van der Waals surface area contributed by atoms with Crippen LogP contribution in [0.1, 0.15) is 32.3 Å². The molecule has 1 unspecified atom stereocenters. The summed E-state index contributed by atoms with van der Waals surface area (Å²) in [4.78, 5) is 20.0. The van der Waals surface area contributed by atoms with Gasteiger partial charge in [-0.2, -0.15) is 0 Å². The molecule has 1 aromatic carbocycles. The molecule has 0 amide bonds. The Balaban J connectivity index is 1.86. The van der Waals surface area contributed by atoms with E-state index in [2.05, 4.69) is 40.6 Å². The van der Waals surface area contributed by atoms with E-state index in [-0.39, 0.29) is 11.9 Å². The van der Waals surface area contributed by atoms with E-state index in [4.69, 9.17) is 11.3 Å². The van der Waals surface area contributed by atoms with Crippen LogP contribution in [0, 0.1) is 12.5 Å². The fourth-order valence-corrected chi connectivity index (χ4v) is 3.73. The summed E-state index contributed by atoms with van der Waals surface area (Å²) in [6.45, 7) is 17.3. The largest absolute Gasteiger partial charge is 0.468 e. The minimum absolute atomic E-state index is 0.167. The van der Waals surface area contributed by atoms with Crippen molar-refractivity contribution in [2.45, 2.75) is 32.2 Å². The lowest BCUT2D eigenvalue weighted by atomic mass is 9.77. The van der Waals surface area contributed by atoms with Crippen molar-refractivity contribution < 1.29 is 9.53 Å². The molecule has 1 aliphatic rings. The second kappa shape index (κ2) is 9.70. The quantitative estimate of drug-likeness (QED) is 0.529. The average molecular weight is 357 g/mol. The number of nitrogens with zero attached hydrogens (tertiary/aromatic N) is 3. The molecule has 0 bridgehead atoms. The predicted molar refractivity (Wildman–Crippen MR) is 104 cm³/mol. The molecular weight excluding hydrogens is 326 g/mol. The first-order valence-electron chi connectivity index (χ1n) is 9.47. The lowest BCUT2D eigenvalue weighted by Gasteiger charge is -2.34. The van der Waals surface area contributed by atoms with E-state index in [9.17, 15) is 4.79 Å². The normalized spacial score (nSPS) is 18.3. The zero-order valence-electron chi connectivity index (χ0n) is 16.3. The van der Waals surface area contributed by atoms with Gasteiger partial charge in [0.25, 0.3) is 5.54 Å².